The average molecular weight is 409 g/mol. The molecule has 0 heterocycles. The highest BCUT2D eigenvalue weighted by atomic mass is 35.5. The minimum atomic E-state index is -0.678. The molecule has 2 amide bonds. The quantitative estimate of drug-likeness (QED) is 0.415. The minimum absolute atomic E-state index is 0.0728. The Kier molecular flexibility index (Phi) is 7.97. The van der Waals surface area contributed by atoms with Crippen molar-refractivity contribution in [3.8, 4) is 5.75 Å². The van der Waals surface area contributed by atoms with Crippen molar-refractivity contribution in [2.45, 2.75) is 4.90 Å². The predicted octanol–water partition coefficient (Wildman–Crippen LogP) is 2.45. The first-order valence-electron chi connectivity index (χ1n) is 7.76. The summed E-state index contributed by atoms with van der Waals surface area (Å²) in [4.78, 5) is 36.4. The molecule has 0 bridgehead atoms. The number of hydrogen-bond donors (Lipinski definition) is 2. The zero-order chi connectivity index (χ0) is 19.6. The van der Waals surface area contributed by atoms with Crippen LogP contribution >= 0.6 is 23.4 Å². The molecule has 2 rings (SSSR count). The van der Waals surface area contributed by atoms with Gasteiger partial charge < -0.3 is 9.47 Å². The van der Waals surface area contributed by atoms with E-state index < -0.39 is 24.4 Å². The molecule has 0 aliphatic rings. The zero-order valence-corrected chi connectivity index (χ0v) is 15.9. The summed E-state index contributed by atoms with van der Waals surface area (Å²) in [7, 11) is 1.41. The predicted molar refractivity (Wildman–Crippen MR) is 102 cm³/mol. The maximum absolute atomic E-state index is 12.1. The van der Waals surface area contributed by atoms with Gasteiger partial charge in [-0.15, -0.1) is 11.8 Å². The summed E-state index contributed by atoms with van der Waals surface area (Å²) in [6, 6.07) is 13.8. The van der Waals surface area contributed by atoms with E-state index in [1.165, 1.54) is 31.0 Å². The van der Waals surface area contributed by atoms with Crippen molar-refractivity contribution in [2.24, 2.45) is 0 Å². The standard InChI is InChI=1S/C18H17ClN2O5S/c1-25-15-8-7-12(19)9-14(15)18(24)21-20-16(22)10-26-17(23)11-27-13-5-3-2-4-6-13/h2-9H,10-11H2,1H3,(H,20,22)(H,21,24). The van der Waals surface area contributed by atoms with Gasteiger partial charge in [0.05, 0.1) is 18.4 Å². The fraction of sp³-hybridized carbons (Fsp3) is 0.167. The highest BCUT2D eigenvalue weighted by molar-refractivity contribution is 8.00. The van der Waals surface area contributed by atoms with Crippen LogP contribution in [-0.2, 0) is 14.3 Å². The number of carbonyl (C=O) groups is 3. The van der Waals surface area contributed by atoms with Crippen molar-refractivity contribution >= 4 is 41.1 Å². The van der Waals surface area contributed by atoms with E-state index in [0.717, 1.165) is 4.90 Å². The lowest BCUT2D eigenvalue weighted by molar-refractivity contribution is -0.146. The van der Waals surface area contributed by atoms with Gasteiger partial charge >= 0.3 is 5.97 Å². The minimum Gasteiger partial charge on any atom is -0.496 e. The normalized spacial score (nSPS) is 10.0. The lowest BCUT2D eigenvalue weighted by Gasteiger charge is -2.11. The Morgan fingerprint density at radius 1 is 1.07 bits per heavy atom. The van der Waals surface area contributed by atoms with Gasteiger partial charge in [0.25, 0.3) is 11.8 Å². The average Bonchev–Trinajstić information content (AvgIpc) is 2.69. The molecule has 0 atom stereocenters. The second-order valence-electron chi connectivity index (χ2n) is 5.11. The Labute approximate surface area is 165 Å². The van der Waals surface area contributed by atoms with Crippen LogP contribution in [0.1, 0.15) is 10.4 Å². The molecule has 0 saturated carbocycles. The summed E-state index contributed by atoms with van der Waals surface area (Å²) in [6.45, 7) is -0.513. The van der Waals surface area contributed by atoms with Gasteiger partial charge in [-0.05, 0) is 30.3 Å². The van der Waals surface area contributed by atoms with Crippen LogP contribution in [0.4, 0.5) is 0 Å². The number of hydrazine groups is 1. The second kappa shape index (κ2) is 10.4. The second-order valence-corrected chi connectivity index (χ2v) is 6.59. The lowest BCUT2D eigenvalue weighted by Crippen LogP contribution is -2.43. The molecule has 2 aromatic rings. The fourth-order valence-electron chi connectivity index (χ4n) is 1.93. The van der Waals surface area contributed by atoms with Gasteiger partial charge in [0, 0.05) is 9.92 Å². The number of nitrogens with one attached hydrogen (secondary N) is 2. The first-order valence-corrected chi connectivity index (χ1v) is 9.12. The molecule has 0 radical (unpaired) electrons. The maximum atomic E-state index is 12.1. The molecule has 0 fully saturated rings. The number of halogens is 1. The molecule has 0 spiro atoms. The van der Waals surface area contributed by atoms with Gasteiger partial charge in [-0.3, -0.25) is 25.2 Å². The largest absolute Gasteiger partial charge is 0.496 e. The molecular formula is C18H17ClN2O5S. The van der Waals surface area contributed by atoms with Gasteiger partial charge in [-0.2, -0.15) is 0 Å². The van der Waals surface area contributed by atoms with E-state index in [9.17, 15) is 14.4 Å². The van der Waals surface area contributed by atoms with Gasteiger partial charge in [0.1, 0.15) is 5.75 Å². The number of esters is 1. The van der Waals surface area contributed by atoms with E-state index in [1.807, 2.05) is 30.3 Å². The summed E-state index contributed by atoms with van der Waals surface area (Å²) >= 11 is 7.16. The number of methoxy groups -OCH3 is 1. The summed E-state index contributed by atoms with van der Waals surface area (Å²) in [5, 5.41) is 0.345. The van der Waals surface area contributed by atoms with Gasteiger partial charge in [0.2, 0.25) is 0 Å². The SMILES string of the molecule is COc1ccc(Cl)cc1C(=O)NNC(=O)COC(=O)CSc1ccccc1. The van der Waals surface area contributed by atoms with Crippen molar-refractivity contribution < 1.29 is 23.9 Å². The van der Waals surface area contributed by atoms with Crippen LogP contribution in [0.25, 0.3) is 0 Å². The van der Waals surface area contributed by atoms with E-state index in [2.05, 4.69) is 10.9 Å². The number of thioether (sulfide) groups is 1. The van der Waals surface area contributed by atoms with Crippen LogP contribution in [-0.4, -0.2) is 37.3 Å². The molecular weight excluding hydrogens is 392 g/mol. The third-order valence-corrected chi connectivity index (χ3v) is 4.41. The summed E-state index contributed by atoms with van der Waals surface area (Å²) in [6.07, 6.45) is 0. The van der Waals surface area contributed by atoms with Gasteiger partial charge in [-0.25, -0.2) is 0 Å². The summed E-state index contributed by atoms with van der Waals surface area (Å²) in [5.74, 6) is -1.46. The number of rotatable bonds is 7. The zero-order valence-electron chi connectivity index (χ0n) is 14.4. The Morgan fingerprint density at radius 2 is 1.81 bits per heavy atom. The third-order valence-electron chi connectivity index (χ3n) is 3.19. The number of benzene rings is 2. The van der Waals surface area contributed by atoms with Crippen LogP contribution in [0.2, 0.25) is 5.02 Å². The molecule has 142 valence electrons. The topological polar surface area (TPSA) is 93.7 Å². The Morgan fingerprint density at radius 3 is 2.52 bits per heavy atom. The Bertz CT molecular complexity index is 817. The number of carbonyl (C=O) groups excluding carboxylic acids is 3. The molecule has 0 unspecified atom stereocenters. The van der Waals surface area contributed by atoms with Crippen LogP contribution in [0.5, 0.6) is 5.75 Å². The number of amides is 2. The first kappa shape index (κ1) is 20.6. The van der Waals surface area contributed by atoms with E-state index >= 15 is 0 Å². The molecule has 0 aromatic heterocycles. The highest BCUT2D eigenvalue weighted by Crippen LogP contribution is 2.22. The molecule has 2 N–H and O–H groups in total. The third kappa shape index (κ3) is 6.84. The van der Waals surface area contributed by atoms with Crippen molar-refractivity contribution in [3.05, 3.63) is 59.1 Å². The van der Waals surface area contributed by atoms with E-state index in [1.54, 1.807) is 6.07 Å². The smallest absolute Gasteiger partial charge is 0.316 e. The van der Waals surface area contributed by atoms with Crippen LogP contribution in [0, 0.1) is 0 Å². The molecule has 2 aromatic carbocycles. The fourth-order valence-corrected chi connectivity index (χ4v) is 2.82. The molecule has 9 heteroatoms. The van der Waals surface area contributed by atoms with Crippen LogP contribution in [0.15, 0.2) is 53.4 Å². The number of ether oxygens (including phenoxy) is 2. The summed E-state index contributed by atoms with van der Waals surface area (Å²) < 4.78 is 9.93. The van der Waals surface area contributed by atoms with Crippen molar-refractivity contribution in [3.63, 3.8) is 0 Å². The van der Waals surface area contributed by atoms with E-state index in [0.29, 0.717) is 10.8 Å². The van der Waals surface area contributed by atoms with Crippen LogP contribution < -0.4 is 15.6 Å². The molecule has 7 nitrogen and oxygen atoms in total. The monoisotopic (exact) mass is 408 g/mol. The van der Waals surface area contributed by atoms with Gasteiger partial charge in [-0.1, -0.05) is 29.8 Å². The van der Waals surface area contributed by atoms with Crippen molar-refractivity contribution in [1.29, 1.82) is 0 Å². The number of hydrogen-bond acceptors (Lipinski definition) is 6. The highest BCUT2D eigenvalue weighted by Gasteiger charge is 2.14. The first-order chi connectivity index (χ1) is 13.0. The molecule has 0 saturated heterocycles. The van der Waals surface area contributed by atoms with Crippen LogP contribution in [0.3, 0.4) is 0 Å². The maximum Gasteiger partial charge on any atom is 0.316 e. The van der Waals surface area contributed by atoms with Crippen molar-refractivity contribution in [1.82, 2.24) is 10.9 Å². The van der Waals surface area contributed by atoms with Gasteiger partial charge in [0.15, 0.2) is 6.61 Å². The molecule has 0 aliphatic carbocycles. The molecule has 27 heavy (non-hydrogen) atoms. The lowest BCUT2D eigenvalue weighted by atomic mass is 10.2. The van der Waals surface area contributed by atoms with Crippen molar-refractivity contribution in [2.75, 3.05) is 19.5 Å². The Balaban J connectivity index is 1.73. The summed E-state index contributed by atoms with van der Waals surface area (Å²) in [5.41, 5.74) is 4.52. The molecule has 0 aliphatic heterocycles. The van der Waals surface area contributed by atoms with E-state index in [-0.39, 0.29) is 11.3 Å². The Hall–Kier alpha value is -2.71. The van der Waals surface area contributed by atoms with E-state index in [4.69, 9.17) is 21.1 Å².